The van der Waals surface area contributed by atoms with Gasteiger partial charge in [0, 0.05) is 30.6 Å². The Hall–Kier alpha value is -2.62. The third kappa shape index (κ3) is 4.93. The van der Waals surface area contributed by atoms with Crippen molar-refractivity contribution in [1.82, 2.24) is 10.2 Å². The maximum absolute atomic E-state index is 13.9. The highest BCUT2D eigenvalue weighted by Crippen LogP contribution is 2.52. The molecule has 6 rings (SSSR count). The molecule has 1 aromatic carbocycles. The van der Waals surface area contributed by atoms with Crippen LogP contribution in [0.2, 0.25) is 0 Å². The summed E-state index contributed by atoms with van der Waals surface area (Å²) in [5.41, 5.74) is 1.67. The zero-order valence-corrected chi connectivity index (χ0v) is 22.6. The lowest BCUT2D eigenvalue weighted by atomic mass is 9.77. The van der Waals surface area contributed by atoms with E-state index < -0.39 is 24.2 Å². The first-order chi connectivity index (χ1) is 18.9. The van der Waals surface area contributed by atoms with Crippen molar-refractivity contribution in [1.29, 1.82) is 0 Å². The van der Waals surface area contributed by atoms with E-state index in [0.29, 0.717) is 58.9 Å². The molecule has 0 spiro atoms. The maximum atomic E-state index is 13.9. The predicted molar refractivity (Wildman–Crippen MR) is 142 cm³/mol. The van der Waals surface area contributed by atoms with Crippen LogP contribution in [-0.2, 0) is 16.2 Å². The van der Waals surface area contributed by atoms with Crippen molar-refractivity contribution in [2.75, 3.05) is 26.8 Å². The molecule has 0 radical (unpaired) electrons. The fraction of sp³-hybridized carbons (Fsp3) is 0.667. The van der Waals surface area contributed by atoms with Gasteiger partial charge in [-0.1, -0.05) is 6.42 Å². The van der Waals surface area contributed by atoms with E-state index in [-0.39, 0.29) is 31.6 Å². The second-order valence-electron chi connectivity index (χ2n) is 12.1. The molecule has 39 heavy (non-hydrogen) atoms. The van der Waals surface area contributed by atoms with Crippen molar-refractivity contribution in [3.8, 4) is 11.5 Å². The molecule has 4 N–H and O–H groups in total. The summed E-state index contributed by atoms with van der Waals surface area (Å²) >= 11 is 0. The molecule has 2 amide bonds. The fourth-order valence-corrected chi connectivity index (χ4v) is 7.56. The number of fused-ring (bicyclic) bond motifs is 5. The van der Waals surface area contributed by atoms with Crippen LogP contribution in [0, 0.1) is 23.7 Å². The first-order valence-corrected chi connectivity index (χ1v) is 14.5. The molecule has 0 aromatic heterocycles. The first kappa shape index (κ1) is 26.6. The van der Waals surface area contributed by atoms with Gasteiger partial charge in [-0.15, -0.1) is 0 Å². The van der Waals surface area contributed by atoms with E-state index in [1.807, 2.05) is 4.90 Å². The Labute approximate surface area is 229 Å². The maximum Gasteiger partial charge on any atom is 0.247 e. The molecular formula is C30H40N2O7. The van der Waals surface area contributed by atoms with Gasteiger partial charge < -0.3 is 35.0 Å². The number of aliphatic hydroxyl groups excluding tert-OH is 3. The highest BCUT2D eigenvalue weighted by atomic mass is 16.5. The van der Waals surface area contributed by atoms with Crippen LogP contribution in [0.15, 0.2) is 23.8 Å². The van der Waals surface area contributed by atoms with E-state index in [2.05, 4.69) is 5.32 Å². The van der Waals surface area contributed by atoms with Crippen LogP contribution < -0.4 is 14.8 Å². The van der Waals surface area contributed by atoms with E-state index >= 15 is 0 Å². The summed E-state index contributed by atoms with van der Waals surface area (Å²) in [6.45, 7) is 0.231. The van der Waals surface area contributed by atoms with Crippen molar-refractivity contribution in [3.05, 3.63) is 34.9 Å². The van der Waals surface area contributed by atoms with Gasteiger partial charge >= 0.3 is 0 Å². The first-order valence-electron chi connectivity index (χ1n) is 14.5. The zero-order valence-electron chi connectivity index (χ0n) is 22.6. The largest absolute Gasteiger partial charge is 0.493 e. The Balaban J connectivity index is 1.35. The van der Waals surface area contributed by atoms with E-state index in [1.54, 1.807) is 18.2 Å². The molecule has 4 aliphatic carbocycles. The summed E-state index contributed by atoms with van der Waals surface area (Å²) in [5.74, 6) is 2.11. The molecule has 1 aromatic rings. The normalized spacial score (nSPS) is 32.2. The summed E-state index contributed by atoms with van der Waals surface area (Å²) < 4.78 is 11.9. The van der Waals surface area contributed by atoms with E-state index in [1.165, 1.54) is 26.4 Å². The molecule has 9 heteroatoms. The summed E-state index contributed by atoms with van der Waals surface area (Å²) in [6.07, 6.45) is 7.33. The standard InChI is InChI=1S/C30H40N2O7/c1-38-24-11-18(15-34)10-21-26-22(30(37)31-6-7-33)13-23(27(36)29(26)39-28(21)24)32(14-16-2-3-16)25(35)12-20-9-17-4-5-19(20)8-17/h10-11,13,16-17,19-20,23,26-27,29,33-34,36H,2-9,12,14-15H2,1H3,(H,31,37)/t17?,19?,20?,23-,26+,27+,29+/m1/s1. The van der Waals surface area contributed by atoms with Crippen molar-refractivity contribution in [2.45, 2.75) is 75.7 Å². The number of aliphatic hydroxyl groups is 3. The molecule has 9 nitrogen and oxygen atoms in total. The molecule has 5 aliphatic rings. The van der Waals surface area contributed by atoms with Gasteiger partial charge in [0.2, 0.25) is 11.8 Å². The summed E-state index contributed by atoms with van der Waals surface area (Å²) in [7, 11) is 1.51. The third-order valence-electron chi connectivity index (χ3n) is 9.65. The van der Waals surface area contributed by atoms with Gasteiger partial charge in [-0.05, 0) is 79.5 Å². The average molecular weight is 541 g/mol. The van der Waals surface area contributed by atoms with E-state index in [0.717, 1.165) is 25.2 Å². The minimum Gasteiger partial charge on any atom is -0.493 e. The lowest BCUT2D eigenvalue weighted by molar-refractivity contribution is -0.139. The van der Waals surface area contributed by atoms with Crippen LogP contribution in [0.3, 0.4) is 0 Å². The Morgan fingerprint density at radius 2 is 1.97 bits per heavy atom. The number of benzene rings is 1. The monoisotopic (exact) mass is 540 g/mol. The summed E-state index contributed by atoms with van der Waals surface area (Å²) in [4.78, 5) is 29.2. The highest BCUT2D eigenvalue weighted by Gasteiger charge is 2.52. The highest BCUT2D eigenvalue weighted by molar-refractivity contribution is 5.96. The summed E-state index contributed by atoms with van der Waals surface area (Å²) in [6, 6.07) is 2.77. The molecule has 2 bridgehead atoms. The van der Waals surface area contributed by atoms with Crippen molar-refractivity contribution in [3.63, 3.8) is 0 Å². The average Bonchev–Trinajstić information content (AvgIpc) is 3.32. The number of carbonyl (C=O) groups excluding carboxylic acids is 2. The number of hydrogen-bond acceptors (Lipinski definition) is 7. The number of amides is 2. The van der Waals surface area contributed by atoms with Gasteiger partial charge in [0.05, 0.1) is 32.3 Å². The topological polar surface area (TPSA) is 129 Å². The molecule has 0 saturated heterocycles. The van der Waals surface area contributed by atoms with Crippen molar-refractivity contribution in [2.24, 2.45) is 23.7 Å². The molecule has 1 aliphatic heterocycles. The SMILES string of the molecule is COc1cc(CO)cc2c1O[C@@H]1[C@@H](O)[C@H](N(CC3CC3)C(=O)CC3CC4CCC3C4)C=C(C(=O)NCCO)[C@H]21. The van der Waals surface area contributed by atoms with Gasteiger partial charge in [0.25, 0.3) is 0 Å². The quantitative estimate of drug-likeness (QED) is 0.357. The molecule has 3 unspecified atom stereocenters. The zero-order chi connectivity index (χ0) is 27.3. The molecule has 212 valence electrons. The number of nitrogens with zero attached hydrogens (tertiary/aromatic N) is 1. The van der Waals surface area contributed by atoms with Gasteiger partial charge in [-0.2, -0.15) is 0 Å². The number of ether oxygens (including phenoxy) is 2. The van der Waals surface area contributed by atoms with Gasteiger partial charge in [-0.3, -0.25) is 9.59 Å². The van der Waals surface area contributed by atoms with Crippen LogP contribution in [0.4, 0.5) is 0 Å². The number of carbonyl (C=O) groups is 2. The Morgan fingerprint density at radius 3 is 2.62 bits per heavy atom. The minimum atomic E-state index is -1.05. The van der Waals surface area contributed by atoms with Gasteiger partial charge in [0.1, 0.15) is 12.2 Å². The smallest absolute Gasteiger partial charge is 0.247 e. The number of rotatable bonds is 10. The van der Waals surface area contributed by atoms with Crippen LogP contribution in [0.1, 0.15) is 62.0 Å². The second kappa shape index (κ2) is 10.7. The van der Waals surface area contributed by atoms with Crippen LogP contribution in [-0.4, -0.2) is 77.1 Å². The van der Waals surface area contributed by atoms with Gasteiger partial charge in [-0.25, -0.2) is 0 Å². The van der Waals surface area contributed by atoms with Crippen molar-refractivity contribution >= 4 is 11.8 Å². The van der Waals surface area contributed by atoms with Gasteiger partial charge in [0.15, 0.2) is 11.5 Å². The van der Waals surface area contributed by atoms with E-state index in [4.69, 9.17) is 9.47 Å². The number of nitrogens with one attached hydrogen (secondary N) is 1. The van der Waals surface area contributed by atoms with Crippen LogP contribution >= 0.6 is 0 Å². The Morgan fingerprint density at radius 1 is 1.15 bits per heavy atom. The van der Waals surface area contributed by atoms with E-state index in [9.17, 15) is 24.9 Å². The fourth-order valence-electron chi connectivity index (χ4n) is 7.56. The third-order valence-corrected chi connectivity index (χ3v) is 9.65. The second-order valence-corrected chi connectivity index (χ2v) is 12.1. The Kier molecular flexibility index (Phi) is 7.33. The van der Waals surface area contributed by atoms with Crippen LogP contribution in [0.5, 0.6) is 11.5 Å². The molecule has 3 fully saturated rings. The number of methoxy groups -OCH3 is 1. The Bertz CT molecular complexity index is 1150. The number of hydrogen-bond donors (Lipinski definition) is 4. The lowest BCUT2D eigenvalue weighted by Crippen LogP contribution is -2.56. The molecule has 7 atom stereocenters. The summed E-state index contributed by atoms with van der Waals surface area (Å²) in [5, 5.41) is 33.7. The van der Waals surface area contributed by atoms with Crippen LogP contribution in [0.25, 0.3) is 0 Å². The molecule has 3 saturated carbocycles. The lowest BCUT2D eigenvalue weighted by Gasteiger charge is -2.41. The molecular weight excluding hydrogens is 500 g/mol. The predicted octanol–water partition coefficient (Wildman–Crippen LogP) is 1.87. The molecule has 1 heterocycles. The van der Waals surface area contributed by atoms with Crippen molar-refractivity contribution < 1.29 is 34.4 Å². The minimum absolute atomic E-state index is 0.0453.